The summed E-state index contributed by atoms with van der Waals surface area (Å²) in [5.41, 5.74) is 1.16. The number of halogens is 2. The summed E-state index contributed by atoms with van der Waals surface area (Å²) in [5, 5.41) is 0. The van der Waals surface area contributed by atoms with Crippen LogP contribution in [0, 0.1) is 11.6 Å². The van der Waals surface area contributed by atoms with Crippen molar-refractivity contribution in [3.63, 3.8) is 0 Å². The lowest BCUT2D eigenvalue weighted by molar-refractivity contribution is 0.181. The number of hydrogen-bond donors (Lipinski definition) is 0. The molecule has 7 heteroatoms. The Kier molecular flexibility index (Phi) is 4.93. The van der Waals surface area contributed by atoms with E-state index in [0.29, 0.717) is 13.1 Å². The zero-order chi connectivity index (χ0) is 17.2. The Hall–Kier alpha value is -1.83. The molecule has 4 nitrogen and oxygen atoms in total. The molecule has 0 bridgehead atoms. The van der Waals surface area contributed by atoms with Crippen molar-refractivity contribution in [1.82, 2.24) is 9.21 Å². The number of rotatable bonds is 4. The van der Waals surface area contributed by atoms with Gasteiger partial charge in [0.1, 0.15) is 16.5 Å². The van der Waals surface area contributed by atoms with Crippen molar-refractivity contribution < 1.29 is 17.2 Å². The third kappa shape index (κ3) is 3.63. The van der Waals surface area contributed by atoms with E-state index in [1.807, 2.05) is 30.3 Å². The van der Waals surface area contributed by atoms with Gasteiger partial charge in [-0.3, -0.25) is 4.90 Å². The average Bonchev–Trinajstić information content (AvgIpc) is 2.58. The molecule has 24 heavy (non-hydrogen) atoms. The second kappa shape index (κ2) is 6.96. The number of piperazine rings is 1. The molecule has 3 rings (SSSR count). The minimum absolute atomic E-state index is 0.255. The molecule has 1 aliphatic heterocycles. The number of benzene rings is 2. The zero-order valence-corrected chi connectivity index (χ0v) is 13.8. The van der Waals surface area contributed by atoms with E-state index in [0.717, 1.165) is 30.3 Å². The Bertz CT molecular complexity index is 805. The van der Waals surface area contributed by atoms with Gasteiger partial charge in [-0.2, -0.15) is 4.31 Å². The van der Waals surface area contributed by atoms with Crippen molar-refractivity contribution in [3.05, 3.63) is 65.7 Å². The molecule has 0 N–H and O–H groups in total. The molecule has 2 aromatic rings. The summed E-state index contributed by atoms with van der Waals surface area (Å²) in [6, 6.07) is 12.4. The lowest BCUT2D eigenvalue weighted by Gasteiger charge is -2.34. The van der Waals surface area contributed by atoms with Crippen LogP contribution in [0.1, 0.15) is 5.56 Å². The first-order chi connectivity index (χ1) is 11.5. The quantitative estimate of drug-likeness (QED) is 0.849. The summed E-state index contributed by atoms with van der Waals surface area (Å²) >= 11 is 0. The Balaban J connectivity index is 1.68. The van der Waals surface area contributed by atoms with Gasteiger partial charge in [0.2, 0.25) is 10.0 Å². The van der Waals surface area contributed by atoms with Crippen LogP contribution in [0.15, 0.2) is 53.4 Å². The monoisotopic (exact) mass is 352 g/mol. The predicted octanol–water partition coefficient (Wildman–Crippen LogP) is 2.47. The lowest BCUT2D eigenvalue weighted by Crippen LogP contribution is -2.48. The van der Waals surface area contributed by atoms with Crippen LogP contribution in [0.25, 0.3) is 0 Å². The molecule has 1 aliphatic rings. The van der Waals surface area contributed by atoms with E-state index in [4.69, 9.17) is 0 Å². The summed E-state index contributed by atoms with van der Waals surface area (Å²) < 4.78 is 53.4. The molecule has 0 amide bonds. The Morgan fingerprint density at radius 1 is 0.917 bits per heavy atom. The molecule has 0 radical (unpaired) electrons. The van der Waals surface area contributed by atoms with E-state index in [1.165, 1.54) is 4.31 Å². The van der Waals surface area contributed by atoms with Crippen molar-refractivity contribution in [2.45, 2.75) is 11.4 Å². The molecule has 0 atom stereocenters. The van der Waals surface area contributed by atoms with Crippen LogP contribution in [-0.4, -0.2) is 43.8 Å². The molecule has 1 fully saturated rings. The van der Waals surface area contributed by atoms with E-state index >= 15 is 0 Å². The maximum Gasteiger partial charge on any atom is 0.246 e. The summed E-state index contributed by atoms with van der Waals surface area (Å²) in [5.74, 6) is -1.69. The summed E-state index contributed by atoms with van der Waals surface area (Å²) in [6.45, 7) is 2.34. The molecular weight excluding hydrogens is 334 g/mol. The molecule has 0 unspecified atom stereocenters. The van der Waals surface area contributed by atoms with Crippen molar-refractivity contribution in [2.24, 2.45) is 0 Å². The highest BCUT2D eigenvalue weighted by Gasteiger charge is 2.30. The van der Waals surface area contributed by atoms with Crippen molar-refractivity contribution in [3.8, 4) is 0 Å². The van der Waals surface area contributed by atoms with Crippen molar-refractivity contribution in [1.29, 1.82) is 0 Å². The standard InChI is InChI=1S/C17H18F2N2O2S/c18-15-6-7-16(19)17(12-15)24(22,23)21-10-8-20(9-11-21)13-14-4-2-1-3-5-14/h1-7,12H,8-11,13H2. The second-order valence-corrected chi connectivity index (χ2v) is 7.65. The summed E-state index contributed by atoms with van der Waals surface area (Å²) in [4.78, 5) is 1.54. The van der Waals surface area contributed by atoms with Crippen LogP contribution < -0.4 is 0 Å². The summed E-state index contributed by atoms with van der Waals surface area (Å²) in [6.07, 6.45) is 0. The first-order valence-corrected chi connectivity index (χ1v) is 9.12. The highest BCUT2D eigenvalue weighted by atomic mass is 32.2. The van der Waals surface area contributed by atoms with Gasteiger partial charge in [-0.25, -0.2) is 17.2 Å². The highest BCUT2D eigenvalue weighted by molar-refractivity contribution is 7.89. The van der Waals surface area contributed by atoms with Gasteiger partial charge in [-0.15, -0.1) is 0 Å². The molecule has 1 heterocycles. The van der Waals surface area contributed by atoms with Crippen LogP contribution in [0.3, 0.4) is 0 Å². The van der Waals surface area contributed by atoms with E-state index in [1.54, 1.807) is 0 Å². The van der Waals surface area contributed by atoms with E-state index in [-0.39, 0.29) is 13.1 Å². The molecular formula is C17H18F2N2O2S. The highest BCUT2D eigenvalue weighted by Crippen LogP contribution is 2.22. The topological polar surface area (TPSA) is 40.6 Å². The van der Waals surface area contributed by atoms with Gasteiger partial charge in [0, 0.05) is 32.7 Å². The maximum atomic E-state index is 13.8. The predicted molar refractivity (Wildman–Crippen MR) is 86.8 cm³/mol. The molecule has 0 aliphatic carbocycles. The normalized spacial score (nSPS) is 17.1. The molecule has 0 saturated carbocycles. The SMILES string of the molecule is O=S(=O)(c1cc(F)ccc1F)N1CCN(Cc2ccccc2)CC1. The molecule has 128 valence electrons. The number of sulfonamides is 1. The Morgan fingerprint density at radius 3 is 2.25 bits per heavy atom. The molecule has 1 saturated heterocycles. The van der Waals surface area contributed by atoms with Gasteiger partial charge < -0.3 is 0 Å². The van der Waals surface area contributed by atoms with Crippen molar-refractivity contribution in [2.75, 3.05) is 26.2 Å². The second-order valence-electron chi connectivity index (χ2n) is 5.74. The summed E-state index contributed by atoms with van der Waals surface area (Å²) in [7, 11) is -4.02. The fourth-order valence-corrected chi connectivity index (χ4v) is 4.28. The van der Waals surface area contributed by atoms with Crippen LogP contribution in [0.2, 0.25) is 0 Å². The van der Waals surface area contributed by atoms with Gasteiger partial charge >= 0.3 is 0 Å². The minimum atomic E-state index is -4.02. The first kappa shape index (κ1) is 17.0. The number of hydrogen-bond acceptors (Lipinski definition) is 3. The fraction of sp³-hybridized carbons (Fsp3) is 0.294. The minimum Gasteiger partial charge on any atom is -0.296 e. The zero-order valence-electron chi connectivity index (χ0n) is 13.0. The van der Waals surface area contributed by atoms with Crippen LogP contribution in [-0.2, 0) is 16.6 Å². The van der Waals surface area contributed by atoms with Gasteiger partial charge in [-0.05, 0) is 23.8 Å². The smallest absolute Gasteiger partial charge is 0.246 e. The molecule has 0 spiro atoms. The third-order valence-electron chi connectivity index (χ3n) is 4.09. The van der Waals surface area contributed by atoms with E-state index < -0.39 is 26.6 Å². The Morgan fingerprint density at radius 2 is 1.58 bits per heavy atom. The van der Waals surface area contributed by atoms with E-state index in [9.17, 15) is 17.2 Å². The third-order valence-corrected chi connectivity index (χ3v) is 6.00. The molecule has 0 aromatic heterocycles. The molecule has 2 aromatic carbocycles. The van der Waals surface area contributed by atoms with Gasteiger partial charge in [0.05, 0.1) is 0 Å². The maximum absolute atomic E-state index is 13.8. The number of nitrogens with zero attached hydrogens (tertiary/aromatic N) is 2. The average molecular weight is 352 g/mol. The largest absolute Gasteiger partial charge is 0.296 e. The first-order valence-electron chi connectivity index (χ1n) is 7.68. The van der Waals surface area contributed by atoms with Crippen LogP contribution >= 0.6 is 0 Å². The van der Waals surface area contributed by atoms with Gasteiger partial charge in [-0.1, -0.05) is 30.3 Å². The van der Waals surface area contributed by atoms with Gasteiger partial charge in [0.15, 0.2) is 0 Å². The van der Waals surface area contributed by atoms with Crippen molar-refractivity contribution >= 4 is 10.0 Å². The van der Waals surface area contributed by atoms with Crippen LogP contribution in [0.4, 0.5) is 8.78 Å². The lowest BCUT2D eigenvalue weighted by atomic mass is 10.2. The Labute approximate surface area is 140 Å². The fourth-order valence-electron chi connectivity index (χ4n) is 2.78. The van der Waals surface area contributed by atoms with Crippen LogP contribution in [0.5, 0.6) is 0 Å². The van der Waals surface area contributed by atoms with E-state index in [2.05, 4.69) is 4.90 Å². The van der Waals surface area contributed by atoms with Gasteiger partial charge in [0.25, 0.3) is 0 Å².